The summed E-state index contributed by atoms with van der Waals surface area (Å²) < 4.78 is 1.85. The number of nitrogens with zero attached hydrogens (tertiary/aromatic N) is 3. The Labute approximate surface area is 123 Å². The highest BCUT2D eigenvalue weighted by molar-refractivity contribution is 7.09. The highest BCUT2D eigenvalue weighted by atomic mass is 32.1. The number of aromatic nitrogens is 2. The van der Waals surface area contributed by atoms with Gasteiger partial charge < -0.3 is 10.6 Å². The van der Waals surface area contributed by atoms with Gasteiger partial charge in [0.05, 0.1) is 12.2 Å². The first kappa shape index (κ1) is 14.6. The van der Waals surface area contributed by atoms with Crippen molar-refractivity contribution in [2.75, 3.05) is 13.1 Å². The molecule has 2 aromatic heterocycles. The van der Waals surface area contributed by atoms with Crippen LogP contribution in [0.25, 0.3) is 0 Å². The zero-order valence-corrected chi connectivity index (χ0v) is 12.8. The molecule has 0 atom stereocenters. The molecule has 0 aliphatic carbocycles. The molecule has 0 aliphatic rings. The summed E-state index contributed by atoms with van der Waals surface area (Å²) in [5, 5.41) is 12.9. The van der Waals surface area contributed by atoms with Crippen LogP contribution >= 0.6 is 11.3 Å². The number of thiophene rings is 1. The van der Waals surface area contributed by atoms with Gasteiger partial charge in [0.1, 0.15) is 0 Å². The molecule has 0 radical (unpaired) electrons. The molecular weight excluding hydrogens is 270 g/mol. The molecule has 6 heteroatoms. The van der Waals surface area contributed by atoms with Gasteiger partial charge in [0.2, 0.25) is 0 Å². The van der Waals surface area contributed by atoms with Gasteiger partial charge in [0.25, 0.3) is 0 Å². The molecule has 2 N–H and O–H groups in total. The van der Waals surface area contributed by atoms with Gasteiger partial charge in [-0.25, -0.2) is 4.99 Å². The zero-order valence-electron chi connectivity index (χ0n) is 12.0. The lowest BCUT2D eigenvalue weighted by Gasteiger charge is -2.10. The quantitative estimate of drug-likeness (QED) is 0.630. The molecule has 0 amide bonds. The fourth-order valence-electron chi connectivity index (χ4n) is 1.82. The number of rotatable bonds is 6. The van der Waals surface area contributed by atoms with E-state index in [4.69, 9.17) is 0 Å². The molecule has 5 nitrogen and oxygen atoms in total. The third-order valence-electron chi connectivity index (χ3n) is 2.91. The Kier molecular flexibility index (Phi) is 5.61. The predicted octanol–water partition coefficient (Wildman–Crippen LogP) is 1.78. The van der Waals surface area contributed by atoms with Crippen molar-refractivity contribution in [3.8, 4) is 0 Å². The van der Waals surface area contributed by atoms with Crippen LogP contribution in [0.3, 0.4) is 0 Å². The summed E-state index contributed by atoms with van der Waals surface area (Å²) >= 11 is 1.79. The maximum absolute atomic E-state index is 4.57. The average molecular weight is 291 g/mol. The molecule has 0 saturated carbocycles. The second-order valence-corrected chi connectivity index (χ2v) is 5.43. The molecule has 0 aromatic carbocycles. The maximum atomic E-state index is 4.57. The van der Waals surface area contributed by atoms with Crippen LogP contribution in [-0.4, -0.2) is 28.8 Å². The maximum Gasteiger partial charge on any atom is 0.191 e. The summed E-state index contributed by atoms with van der Waals surface area (Å²) in [5.74, 6) is 0.852. The van der Waals surface area contributed by atoms with Crippen LogP contribution in [0, 0.1) is 0 Å². The van der Waals surface area contributed by atoms with Crippen molar-refractivity contribution in [1.29, 1.82) is 0 Å². The molecule has 2 rings (SSSR count). The normalized spacial score (nSPS) is 11.6. The summed E-state index contributed by atoms with van der Waals surface area (Å²) in [6.07, 6.45) is 2.82. The Balaban J connectivity index is 1.84. The van der Waals surface area contributed by atoms with Crippen LogP contribution in [0.4, 0.5) is 0 Å². The van der Waals surface area contributed by atoms with E-state index in [2.05, 4.69) is 45.2 Å². The zero-order chi connectivity index (χ0) is 14.2. The highest BCUT2D eigenvalue weighted by Crippen LogP contribution is 2.08. The lowest BCUT2D eigenvalue weighted by Crippen LogP contribution is -2.38. The second kappa shape index (κ2) is 7.69. The fourth-order valence-corrected chi connectivity index (χ4v) is 2.53. The third-order valence-corrected chi connectivity index (χ3v) is 3.85. The van der Waals surface area contributed by atoms with Gasteiger partial charge in [0, 0.05) is 31.2 Å². The summed E-state index contributed by atoms with van der Waals surface area (Å²) in [4.78, 5) is 5.96. The van der Waals surface area contributed by atoms with Crippen molar-refractivity contribution < 1.29 is 0 Å². The second-order valence-electron chi connectivity index (χ2n) is 4.40. The minimum absolute atomic E-state index is 0.630. The lowest BCUT2D eigenvalue weighted by atomic mass is 10.3. The van der Waals surface area contributed by atoms with Gasteiger partial charge in [-0.3, -0.25) is 4.68 Å². The van der Waals surface area contributed by atoms with E-state index in [0.29, 0.717) is 6.54 Å². The Hall–Kier alpha value is -1.82. The molecule has 2 heterocycles. The van der Waals surface area contributed by atoms with E-state index in [-0.39, 0.29) is 0 Å². The van der Waals surface area contributed by atoms with E-state index in [1.54, 1.807) is 17.5 Å². The van der Waals surface area contributed by atoms with Gasteiger partial charge >= 0.3 is 0 Å². The van der Waals surface area contributed by atoms with Crippen LogP contribution in [0.15, 0.2) is 34.8 Å². The molecule has 0 bridgehead atoms. The first-order valence-corrected chi connectivity index (χ1v) is 7.69. The van der Waals surface area contributed by atoms with Crippen LogP contribution < -0.4 is 10.6 Å². The fraction of sp³-hybridized carbons (Fsp3) is 0.429. The Morgan fingerprint density at radius 1 is 1.40 bits per heavy atom. The molecule has 0 unspecified atom stereocenters. The monoisotopic (exact) mass is 291 g/mol. The topological polar surface area (TPSA) is 54.2 Å². The predicted molar refractivity (Wildman–Crippen MR) is 84.0 cm³/mol. The minimum Gasteiger partial charge on any atom is -0.357 e. The van der Waals surface area contributed by atoms with Gasteiger partial charge in [-0.05, 0) is 30.9 Å². The standard InChI is InChI=1S/C14H21N5S/c1-3-15-14(16-8-7-13-5-4-10-20-13)17-11-12-6-9-18-19(12)2/h4-6,9-10H,3,7-8,11H2,1-2H3,(H2,15,16,17). The SMILES string of the molecule is CCNC(=NCc1ccnn1C)NCCc1cccs1. The molecule has 0 saturated heterocycles. The van der Waals surface area contributed by atoms with Gasteiger partial charge in [-0.1, -0.05) is 6.07 Å². The van der Waals surface area contributed by atoms with E-state index in [9.17, 15) is 0 Å². The first-order valence-electron chi connectivity index (χ1n) is 6.81. The third kappa shape index (κ3) is 4.38. The van der Waals surface area contributed by atoms with E-state index in [0.717, 1.165) is 31.2 Å². The Bertz CT molecular complexity index is 530. The van der Waals surface area contributed by atoms with Crippen molar-refractivity contribution in [3.63, 3.8) is 0 Å². The van der Waals surface area contributed by atoms with E-state index >= 15 is 0 Å². The summed E-state index contributed by atoms with van der Waals surface area (Å²) in [5.41, 5.74) is 1.10. The van der Waals surface area contributed by atoms with E-state index in [1.807, 2.05) is 17.8 Å². The summed E-state index contributed by atoms with van der Waals surface area (Å²) in [6, 6.07) is 6.23. The molecule has 20 heavy (non-hydrogen) atoms. The number of aryl methyl sites for hydroxylation is 1. The molecule has 0 aliphatic heterocycles. The first-order chi connectivity index (χ1) is 9.79. The number of nitrogens with one attached hydrogen (secondary N) is 2. The molecule has 0 fully saturated rings. The number of hydrogen-bond acceptors (Lipinski definition) is 3. The van der Waals surface area contributed by atoms with Crippen molar-refractivity contribution in [2.45, 2.75) is 19.9 Å². The van der Waals surface area contributed by atoms with Gasteiger partial charge in [-0.2, -0.15) is 5.10 Å². The van der Waals surface area contributed by atoms with Crippen LogP contribution in [0.2, 0.25) is 0 Å². The number of hydrogen-bond donors (Lipinski definition) is 2. The number of guanidine groups is 1. The van der Waals surface area contributed by atoms with Crippen molar-refractivity contribution in [2.24, 2.45) is 12.0 Å². The molecule has 2 aromatic rings. The minimum atomic E-state index is 0.630. The van der Waals surface area contributed by atoms with Crippen molar-refractivity contribution in [1.82, 2.24) is 20.4 Å². The summed E-state index contributed by atoms with van der Waals surface area (Å²) in [7, 11) is 1.93. The highest BCUT2D eigenvalue weighted by Gasteiger charge is 2.00. The number of aliphatic imine (C=N–C) groups is 1. The van der Waals surface area contributed by atoms with Crippen LogP contribution in [-0.2, 0) is 20.0 Å². The van der Waals surface area contributed by atoms with Crippen molar-refractivity contribution >= 4 is 17.3 Å². The Morgan fingerprint density at radius 2 is 2.30 bits per heavy atom. The van der Waals surface area contributed by atoms with Gasteiger partial charge in [0.15, 0.2) is 5.96 Å². The van der Waals surface area contributed by atoms with Gasteiger partial charge in [-0.15, -0.1) is 11.3 Å². The van der Waals surface area contributed by atoms with Crippen LogP contribution in [0.1, 0.15) is 17.5 Å². The lowest BCUT2D eigenvalue weighted by molar-refractivity contribution is 0.707. The van der Waals surface area contributed by atoms with Crippen LogP contribution in [0.5, 0.6) is 0 Å². The summed E-state index contributed by atoms with van der Waals surface area (Å²) in [6.45, 7) is 4.44. The van der Waals surface area contributed by atoms with E-state index in [1.165, 1.54) is 4.88 Å². The van der Waals surface area contributed by atoms with Crippen molar-refractivity contribution in [3.05, 3.63) is 40.3 Å². The van der Waals surface area contributed by atoms with E-state index < -0.39 is 0 Å². The Morgan fingerprint density at radius 3 is 2.95 bits per heavy atom. The largest absolute Gasteiger partial charge is 0.357 e. The smallest absolute Gasteiger partial charge is 0.191 e. The average Bonchev–Trinajstić information content (AvgIpc) is 3.08. The molecule has 0 spiro atoms. The molecular formula is C14H21N5S. The molecule has 108 valence electrons.